The van der Waals surface area contributed by atoms with Crippen molar-refractivity contribution in [1.82, 2.24) is 0 Å². The van der Waals surface area contributed by atoms with Crippen molar-refractivity contribution in [3.63, 3.8) is 0 Å². The first kappa shape index (κ1) is 9.54. The Balaban J connectivity index is 1.89. The van der Waals surface area contributed by atoms with E-state index in [0.29, 0.717) is 0 Å². The minimum atomic E-state index is 0.934. The van der Waals surface area contributed by atoms with Gasteiger partial charge in [-0.3, -0.25) is 0 Å². The highest BCUT2D eigenvalue weighted by atomic mass is 35.5. The molecule has 0 aromatic carbocycles. The summed E-state index contributed by atoms with van der Waals surface area (Å²) in [6.45, 7) is 0. The van der Waals surface area contributed by atoms with Gasteiger partial charge in [-0.15, -0.1) is 11.3 Å². The molecule has 0 saturated heterocycles. The molecule has 2 rings (SSSR count). The highest BCUT2D eigenvalue weighted by molar-refractivity contribution is 7.16. The number of rotatable bonds is 2. The molecule has 2 heteroatoms. The zero-order valence-electron chi connectivity index (χ0n) is 7.76. The zero-order valence-corrected chi connectivity index (χ0v) is 9.33. The maximum Gasteiger partial charge on any atom is 0.0931 e. The van der Waals surface area contributed by atoms with Crippen LogP contribution in [0.1, 0.15) is 37.0 Å². The van der Waals surface area contributed by atoms with Gasteiger partial charge in [-0.05, 0) is 24.5 Å². The van der Waals surface area contributed by atoms with Gasteiger partial charge in [0.25, 0.3) is 0 Å². The van der Waals surface area contributed by atoms with Crippen molar-refractivity contribution in [3.05, 3.63) is 21.3 Å². The van der Waals surface area contributed by atoms with Crippen LogP contribution in [-0.2, 0) is 6.42 Å². The van der Waals surface area contributed by atoms with Crippen molar-refractivity contribution in [2.24, 2.45) is 5.92 Å². The molecular formula is C11H15ClS. The van der Waals surface area contributed by atoms with E-state index in [9.17, 15) is 0 Å². The largest absolute Gasteiger partial charge is 0.128 e. The van der Waals surface area contributed by atoms with Crippen LogP contribution in [0.25, 0.3) is 0 Å². The van der Waals surface area contributed by atoms with Crippen molar-refractivity contribution >= 4 is 22.9 Å². The van der Waals surface area contributed by atoms with Gasteiger partial charge < -0.3 is 0 Å². The average molecular weight is 215 g/mol. The zero-order chi connectivity index (χ0) is 9.10. The molecule has 72 valence electrons. The summed E-state index contributed by atoms with van der Waals surface area (Å²) in [5, 5.41) is 0. The van der Waals surface area contributed by atoms with Gasteiger partial charge in [0.2, 0.25) is 0 Å². The highest BCUT2D eigenvalue weighted by Gasteiger charge is 2.14. The van der Waals surface area contributed by atoms with Crippen LogP contribution >= 0.6 is 22.9 Å². The van der Waals surface area contributed by atoms with Crippen LogP contribution in [0.3, 0.4) is 0 Å². The van der Waals surface area contributed by atoms with E-state index < -0.39 is 0 Å². The summed E-state index contributed by atoms with van der Waals surface area (Å²) in [7, 11) is 0. The quantitative estimate of drug-likeness (QED) is 0.679. The van der Waals surface area contributed by atoms with E-state index in [1.807, 2.05) is 6.07 Å². The van der Waals surface area contributed by atoms with Crippen molar-refractivity contribution < 1.29 is 0 Å². The van der Waals surface area contributed by atoms with Gasteiger partial charge in [0.05, 0.1) is 4.34 Å². The third-order valence-corrected chi connectivity index (χ3v) is 4.10. The normalized spacial score (nSPS) is 19.2. The monoisotopic (exact) mass is 214 g/mol. The SMILES string of the molecule is Clc1ccc(CC2CCCCC2)s1. The third-order valence-electron chi connectivity index (χ3n) is 2.84. The second-order valence-electron chi connectivity index (χ2n) is 3.91. The molecule has 1 aliphatic carbocycles. The van der Waals surface area contributed by atoms with Crippen LogP contribution in [0, 0.1) is 5.92 Å². The molecule has 1 fully saturated rings. The molecule has 1 aromatic rings. The van der Waals surface area contributed by atoms with Gasteiger partial charge >= 0.3 is 0 Å². The average Bonchev–Trinajstić information content (AvgIpc) is 2.53. The first-order valence-corrected chi connectivity index (χ1v) is 6.28. The lowest BCUT2D eigenvalue weighted by atomic mass is 9.87. The van der Waals surface area contributed by atoms with Gasteiger partial charge in [0.1, 0.15) is 0 Å². The Labute approximate surface area is 88.9 Å². The van der Waals surface area contributed by atoms with Gasteiger partial charge in [-0.1, -0.05) is 43.7 Å². The molecule has 0 unspecified atom stereocenters. The molecule has 0 radical (unpaired) electrons. The molecule has 1 saturated carbocycles. The number of hydrogen-bond acceptors (Lipinski definition) is 1. The van der Waals surface area contributed by atoms with E-state index in [2.05, 4.69) is 6.07 Å². The third kappa shape index (κ3) is 2.72. The Kier molecular flexibility index (Phi) is 3.28. The summed E-state index contributed by atoms with van der Waals surface area (Å²) in [6, 6.07) is 4.20. The van der Waals surface area contributed by atoms with Gasteiger partial charge in [-0.2, -0.15) is 0 Å². The Morgan fingerprint density at radius 1 is 1.23 bits per heavy atom. The van der Waals surface area contributed by atoms with Crippen LogP contribution in [0.4, 0.5) is 0 Å². The molecular weight excluding hydrogens is 200 g/mol. The van der Waals surface area contributed by atoms with E-state index >= 15 is 0 Å². The predicted octanol–water partition coefficient (Wildman–Crippen LogP) is 4.52. The Morgan fingerprint density at radius 3 is 2.62 bits per heavy atom. The van der Waals surface area contributed by atoms with Crippen molar-refractivity contribution in [3.8, 4) is 0 Å². The van der Waals surface area contributed by atoms with E-state index in [1.54, 1.807) is 11.3 Å². The Bertz CT molecular complexity index is 261. The predicted molar refractivity (Wildman–Crippen MR) is 59.6 cm³/mol. The summed E-state index contributed by atoms with van der Waals surface area (Å²) in [5.41, 5.74) is 0. The molecule has 0 nitrogen and oxygen atoms in total. The van der Waals surface area contributed by atoms with Gasteiger partial charge in [0.15, 0.2) is 0 Å². The lowest BCUT2D eigenvalue weighted by Gasteiger charge is -2.20. The molecule has 0 N–H and O–H groups in total. The molecule has 0 atom stereocenters. The first-order valence-electron chi connectivity index (χ1n) is 5.09. The summed E-state index contributed by atoms with van der Waals surface area (Å²) >= 11 is 7.64. The molecule has 1 aromatic heterocycles. The fourth-order valence-corrected chi connectivity index (χ4v) is 3.34. The second kappa shape index (κ2) is 4.47. The lowest BCUT2D eigenvalue weighted by molar-refractivity contribution is 0.358. The summed E-state index contributed by atoms with van der Waals surface area (Å²) in [6.07, 6.45) is 8.43. The molecule has 0 bridgehead atoms. The summed E-state index contributed by atoms with van der Waals surface area (Å²) < 4.78 is 0.936. The second-order valence-corrected chi connectivity index (χ2v) is 5.71. The van der Waals surface area contributed by atoms with Crippen molar-refractivity contribution in [2.45, 2.75) is 38.5 Å². The number of thiophene rings is 1. The molecule has 1 heterocycles. The van der Waals surface area contributed by atoms with Gasteiger partial charge in [-0.25, -0.2) is 0 Å². The van der Waals surface area contributed by atoms with E-state index in [-0.39, 0.29) is 0 Å². The van der Waals surface area contributed by atoms with E-state index in [4.69, 9.17) is 11.6 Å². The molecule has 1 aliphatic rings. The lowest BCUT2D eigenvalue weighted by Crippen LogP contribution is -2.08. The molecule has 0 spiro atoms. The van der Waals surface area contributed by atoms with Gasteiger partial charge in [0, 0.05) is 4.88 Å². The molecule has 0 amide bonds. The topological polar surface area (TPSA) is 0 Å². The molecule has 13 heavy (non-hydrogen) atoms. The maximum atomic E-state index is 5.90. The number of hydrogen-bond donors (Lipinski definition) is 0. The van der Waals surface area contributed by atoms with Crippen molar-refractivity contribution in [2.75, 3.05) is 0 Å². The van der Waals surface area contributed by atoms with E-state index in [0.717, 1.165) is 10.3 Å². The number of halogens is 1. The fourth-order valence-electron chi connectivity index (χ4n) is 2.14. The Hall–Kier alpha value is -0.0100. The smallest absolute Gasteiger partial charge is 0.0931 e. The minimum absolute atomic E-state index is 0.934. The van der Waals surface area contributed by atoms with Crippen LogP contribution in [0.2, 0.25) is 4.34 Å². The van der Waals surface area contributed by atoms with Crippen LogP contribution in [-0.4, -0.2) is 0 Å². The summed E-state index contributed by atoms with van der Waals surface area (Å²) in [5.74, 6) is 0.934. The van der Waals surface area contributed by atoms with Crippen LogP contribution in [0.5, 0.6) is 0 Å². The highest BCUT2D eigenvalue weighted by Crippen LogP contribution is 2.30. The molecule has 0 aliphatic heterocycles. The Morgan fingerprint density at radius 2 is 2.00 bits per heavy atom. The van der Waals surface area contributed by atoms with E-state index in [1.165, 1.54) is 43.4 Å². The maximum absolute atomic E-state index is 5.90. The van der Waals surface area contributed by atoms with Crippen LogP contribution < -0.4 is 0 Å². The van der Waals surface area contributed by atoms with Crippen LogP contribution in [0.15, 0.2) is 12.1 Å². The standard InChI is InChI=1S/C11H15ClS/c12-11-7-6-10(13-11)8-9-4-2-1-3-5-9/h6-7,9H,1-5,8H2. The minimum Gasteiger partial charge on any atom is -0.128 e. The fraction of sp³-hybridized carbons (Fsp3) is 0.636. The first-order chi connectivity index (χ1) is 6.34. The van der Waals surface area contributed by atoms with Crippen molar-refractivity contribution in [1.29, 1.82) is 0 Å². The summed E-state index contributed by atoms with van der Waals surface area (Å²) in [4.78, 5) is 1.47.